The van der Waals surface area contributed by atoms with Crippen LogP contribution in [0.5, 0.6) is 5.75 Å². The second kappa shape index (κ2) is 6.20. The molecule has 0 unspecified atom stereocenters. The summed E-state index contributed by atoms with van der Waals surface area (Å²) < 4.78 is 30.7. The number of aliphatic hydroxyl groups excluding tert-OH is 1. The first kappa shape index (κ1) is 17.3. The van der Waals surface area contributed by atoms with Crippen molar-refractivity contribution in [3.05, 3.63) is 29.8 Å². The van der Waals surface area contributed by atoms with E-state index in [-0.39, 0.29) is 17.1 Å². The molecule has 0 aromatic heterocycles. The van der Waals surface area contributed by atoms with Crippen LogP contribution in [0.2, 0.25) is 0 Å². The monoisotopic (exact) mass is 326 g/mol. The van der Waals surface area contributed by atoms with Gasteiger partial charge in [-0.1, -0.05) is 32.9 Å². The summed E-state index contributed by atoms with van der Waals surface area (Å²) in [5.41, 5.74) is 0.685. The van der Waals surface area contributed by atoms with Gasteiger partial charge in [0.1, 0.15) is 5.75 Å². The average Bonchev–Trinajstić information content (AvgIpc) is 2.35. The molecule has 0 heterocycles. The van der Waals surface area contributed by atoms with Crippen LogP contribution in [0.15, 0.2) is 24.3 Å². The Morgan fingerprint density at radius 2 is 2.00 bits per heavy atom. The molecule has 1 N–H and O–H groups in total. The van der Waals surface area contributed by atoms with Crippen LogP contribution >= 0.6 is 0 Å². The summed E-state index contributed by atoms with van der Waals surface area (Å²) >= 11 is 0. The lowest BCUT2D eigenvalue weighted by Gasteiger charge is -2.42. The molecule has 1 aliphatic carbocycles. The third-order valence-electron chi connectivity index (χ3n) is 4.49. The number of sulfone groups is 1. The third-order valence-corrected chi connectivity index (χ3v) is 6.84. The van der Waals surface area contributed by atoms with Crippen LogP contribution in [0.3, 0.4) is 0 Å². The second-order valence-electron chi connectivity index (χ2n) is 7.24. The Morgan fingerprint density at radius 3 is 2.59 bits per heavy atom. The summed E-state index contributed by atoms with van der Waals surface area (Å²) in [6.07, 6.45) is 0.542. The standard InChI is InChI=1S/C17H26O4S/c1-12-9-17(2,3)10-15(18)16(12)22(19,20)11-13-6-5-7-14(8-13)21-4/h5-8,12,15-16,18H,9-11H2,1-4H3/t12-,15+,16-/m1/s1. The summed E-state index contributed by atoms with van der Waals surface area (Å²) in [4.78, 5) is 0. The van der Waals surface area contributed by atoms with Crippen LogP contribution in [0.4, 0.5) is 0 Å². The smallest absolute Gasteiger partial charge is 0.160 e. The minimum absolute atomic E-state index is 0.0131. The predicted molar refractivity (Wildman–Crippen MR) is 87.6 cm³/mol. The molecule has 0 saturated heterocycles. The van der Waals surface area contributed by atoms with Crippen molar-refractivity contribution in [2.45, 2.75) is 50.7 Å². The Hall–Kier alpha value is -1.07. The van der Waals surface area contributed by atoms with Gasteiger partial charge in [-0.05, 0) is 41.9 Å². The van der Waals surface area contributed by atoms with Gasteiger partial charge in [-0.3, -0.25) is 0 Å². The van der Waals surface area contributed by atoms with Gasteiger partial charge in [0.05, 0.1) is 24.2 Å². The zero-order valence-corrected chi connectivity index (χ0v) is 14.6. The summed E-state index contributed by atoms with van der Waals surface area (Å²) in [6.45, 7) is 6.09. The van der Waals surface area contributed by atoms with Gasteiger partial charge in [-0.25, -0.2) is 8.42 Å². The molecule has 1 aromatic rings. The summed E-state index contributed by atoms with van der Waals surface area (Å²) in [7, 11) is -1.86. The molecule has 0 aliphatic heterocycles. The number of hydrogen-bond donors (Lipinski definition) is 1. The van der Waals surface area contributed by atoms with Crippen molar-refractivity contribution in [1.82, 2.24) is 0 Å². The van der Waals surface area contributed by atoms with E-state index in [2.05, 4.69) is 13.8 Å². The van der Waals surface area contributed by atoms with Crippen molar-refractivity contribution in [1.29, 1.82) is 0 Å². The largest absolute Gasteiger partial charge is 0.497 e. The van der Waals surface area contributed by atoms with Crippen LogP contribution in [0.1, 0.15) is 39.2 Å². The molecule has 2 rings (SSSR count). The molecule has 124 valence electrons. The molecular formula is C17H26O4S. The lowest BCUT2D eigenvalue weighted by Crippen LogP contribution is -2.47. The van der Waals surface area contributed by atoms with Gasteiger partial charge in [-0.2, -0.15) is 0 Å². The first-order valence-corrected chi connectivity index (χ1v) is 9.39. The number of aliphatic hydroxyl groups is 1. The molecule has 0 radical (unpaired) electrons. The predicted octanol–water partition coefficient (Wildman–Crippen LogP) is 2.80. The molecular weight excluding hydrogens is 300 g/mol. The van der Waals surface area contributed by atoms with E-state index in [1.54, 1.807) is 31.4 Å². The Labute approximate surface area is 133 Å². The molecule has 5 heteroatoms. The highest BCUT2D eigenvalue weighted by molar-refractivity contribution is 7.91. The maximum atomic E-state index is 12.8. The van der Waals surface area contributed by atoms with Crippen LogP contribution in [0.25, 0.3) is 0 Å². The van der Waals surface area contributed by atoms with Crippen LogP contribution < -0.4 is 4.74 Å². The third kappa shape index (κ3) is 3.82. The summed E-state index contributed by atoms with van der Waals surface area (Å²) in [5, 5.41) is 9.70. The molecule has 3 atom stereocenters. The Kier molecular flexibility index (Phi) is 4.87. The number of benzene rings is 1. The molecule has 4 nitrogen and oxygen atoms in total. The van der Waals surface area contributed by atoms with Gasteiger partial charge in [-0.15, -0.1) is 0 Å². The fourth-order valence-corrected chi connectivity index (χ4v) is 6.03. The first-order chi connectivity index (χ1) is 10.1. The lowest BCUT2D eigenvalue weighted by molar-refractivity contribution is 0.0432. The maximum absolute atomic E-state index is 12.8. The molecule has 0 spiro atoms. The zero-order valence-electron chi connectivity index (χ0n) is 13.7. The Balaban J connectivity index is 2.22. The summed E-state index contributed by atoms with van der Waals surface area (Å²) in [5.74, 6) is 0.539. The number of rotatable bonds is 4. The SMILES string of the molecule is COc1cccc(CS(=O)(=O)[C@@H]2[C@H](C)CC(C)(C)C[C@@H]2O)c1. The van der Waals surface area contributed by atoms with Crippen molar-refractivity contribution in [3.63, 3.8) is 0 Å². The van der Waals surface area contributed by atoms with E-state index >= 15 is 0 Å². The van der Waals surface area contributed by atoms with E-state index in [9.17, 15) is 13.5 Å². The van der Waals surface area contributed by atoms with Crippen LogP contribution in [-0.2, 0) is 15.6 Å². The normalized spacial score (nSPS) is 28.3. The van der Waals surface area contributed by atoms with E-state index in [0.717, 1.165) is 6.42 Å². The molecule has 0 bridgehead atoms. The van der Waals surface area contributed by atoms with Gasteiger partial charge in [0.25, 0.3) is 0 Å². The molecule has 22 heavy (non-hydrogen) atoms. The minimum Gasteiger partial charge on any atom is -0.497 e. The van der Waals surface area contributed by atoms with E-state index in [0.29, 0.717) is 17.7 Å². The average molecular weight is 326 g/mol. The fraction of sp³-hybridized carbons (Fsp3) is 0.647. The van der Waals surface area contributed by atoms with E-state index in [4.69, 9.17) is 4.74 Å². The maximum Gasteiger partial charge on any atom is 0.160 e. The second-order valence-corrected chi connectivity index (χ2v) is 9.40. The van der Waals surface area contributed by atoms with Gasteiger partial charge >= 0.3 is 0 Å². The highest BCUT2D eigenvalue weighted by atomic mass is 32.2. The van der Waals surface area contributed by atoms with Crippen molar-refractivity contribution in [2.24, 2.45) is 11.3 Å². The van der Waals surface area contributed by atoms with Crippen molar-refractivity contribution in [3.8, 4) is 5.75 Å². The highest BCUT2D eigenvalue weighted by Gasteiger charge is 2.45. The Morgan fingerprint density at radius 1 is 1.32 bits per heavy atom. The van der Waals surface area contributed by atoms with Crippen LogP contribution in [0, 0.1) is 11.3 Å². The lowest BCUT2D eigenvalue weighted by atomic mass is 9.71. The van der Waals surface area contributed by atoms with Crippen LogP contribution in [-0.4, -0.2) is 32.0 Å². The van der Waals surface area contributed by atoms with Gasteiger partial charge < -0.3 is 9.84 Å². The molecule has 1 aromatic carbocycles. The van der Waals surface area contributed by atoms with Crippen molar-refractivity contribution in [2.75, 3.05) is 7.11 Å². The van der Waals surface area contributed by atoms with Gasteiger partial charge in [0.15, 0.2) is 9.84 Å². The highest BCUT2D eigenvalue weighted by Crippen LogP contribution is 2.42. The van der Waals surface area contributed by atoms with Crippen molar-refractivity contribution < 1.29 is 18.3 Å². The van der Waals surface area contributed by atoms with Gasteiger partial charge in [0.2, 0.25) is 0 Å². The topological polar surface area (TPSA) is 63.6 Å². The molecule has 1 aliphatic rings. The molecule has 1 saturated carbocycles. The number of methoxy groups -OCH3 is 1. The Bertz CT molecular complexity index is 607. The minimum atomic E-state index is -3.42. The van der Waals surface area contributed by atoms with E-state index in [1.165, 1.54) is 0 Å². The van der Waals surface area contributed by atoms with Gasteiger partial charge in [0, 0.05) is 0 Å². The molecule has 0 amide bonds. The summed E-state index contributed by atoms with van der Waals surface area (Å²) in [6, 6.07) is 7.09. The number of ether oxygens (including phenoxy) is 1. The van der Waals surface area contributed by atoms with Crippen molar-refractivity contribution >= 4 is 9.84 Å². The van der Waals surface area contributed by atoms with E-state index in [1.807, 2.05) is 6.92 Å². The number of hydrogen-bond acceptors (Lipinski definition) is 4. The van der Waals surface area contributed by atoms with E-state index < -0.39 is 21.2 Å². The zero-order chi connectivity index (χ0) is 16.5. The first-order valence-electron chi connectivity index (χ1n) is 7.67. The molecule has 1 fully saturated rings. The quantitative estimate of drug-likeness (QED) is 0.924. The fourth-order valence-electron chi connectivity index (χ4n) is 3.82.